The van der Waals surface area contributed by atoms with Crippen molar-refractivity contribution in [1.29, 1.82) is 0 Å². The predicted molar refractivity (Wildman–Crippen MR) is 78.5 cm³/mol. The topological polar surface area (TPSA) is 69.6 Å². The number of nitrogens with zero attached hydrogens (tertiary/aromatic N) is 1. The molecule has 20 heavy (non-hydrogen) atoms. The van der Waals surface area contributed by atoms with Gasteiger partial charge in [-0.15, -0.1) is 0 Å². The molecule has 6 heteroatoms. The lowest BCUT2D eigenvalue weighted by Crippen LogP contribution is -2.34. The highest BCUT2D eigenvalue weighted by molar-refractivity contribution is 8.13. The molecule has 1 heterocycles. The van der Waals surface area contributed by atoms with Gasteiger partial charge >= 0.3 is 0 Å². The fraction of sp³-hybridized carbons (Fsp3) is 0.429. The molecule has 1 unspecified atom stereocenters. The Morgan fingerprint density at radius 1 is 1.40 bits per heavy atom. The van der Waals surface area contributed by atoms with Crippen molar-refractivity contribution in [2.45, 2.75) is 12.5 Å². The van der Waals surface area contributed by atoms with Gasteiger partial charge in [0.2, 0.25) is 5.91 Å². The van der Waals surface area contributed by atoms with E-state index in [1.165, 1.54) is 11.8 Å². The average molecular weight is 294 g/mol. The second-order valence-electron chi connectivity index (χ2n) is 4.56. The van der Waals surface area contributed by atoms with Crippen LogP contribution in [0.25, 0.3) is 0 Å². The van der Waals surface area contributed by atoms with E-state index < -0.39 is 6.04 Å². The minimum atomic E-state index is -0.396. The van der Waals surface area contributed by atoms with Crippen molar-refractivity contribution >= 4 is 22.9 Å². The smallest absolute Gasteiger partial charge is 0.281 e. The molecule has 0 radical (unpaired) electrons. The average Bonchev–Trinajstić information content (AvgIpc) is 2.89. The summed E-state index contributed by atoms with van der Waals surface area (Å²) in [6.07, 6.45) is 0.260. The second-order valence-corrected chi connectivity index (χ2v) is 5.61. The Morgan fingerprint density at radius 3 is 2.75 bits per heavy atom. The molecular weight excluding hydrogens is 276 g/mol. The van der Waals surface area contributed by atoms with Crippen molar-refractivity contribution in [2.75, 3.05) is 25.4 Å². The SMILES string of the molecule is O=C(CCN1CCSC1=O)NC(CO)c1ccccc1. The van der Waals surface area contributed by atoms with Crippen LogP contribution in [-0.4, -0.2) is 46.6 Å². The lowest BCUT2D eigenvalue weighted by Gasteiger charge is -2.18. The molecule has 2 amide bonds. The fourth-order valence-corrected chi connectivity index (χ4v) is 2.90. The maximum atomic E-state index is 11.9. The van der Waals surface area contributed by atoms with Crippen LogP contribution in [0.15, 0.2) is 30.3 Å². The highest BCUT2D eigenvalue weighted by atomic mass is 32.2. The summed E-state index contributed by atoms with van der Waals surface area (Å²) >= 11 is 1.29. The molecule has 5 nitrogen and oxygen atoms in total. The largest absolute Gasteiger partial charge is 0.394 e. The van der Waals surface area contributed by atoms with Gasteiger partial charge in [0.1, 0.15) is 0 Å². The van der Waals surface area contributed by atoms with Crippen molar-refractivity contribution in [1.82, 2.24) is 10.2 Å². The third-order valence-corrected chi connectivity index (χ3v) is 4.07. The quantitative estimate of drug-likeness (QED) is 0.832. The number of aliphatic hydroxyl groups is 1. The van der Waals surface area contributed by atoms with E-state index in [1.807, 2.05) is 30.3 Å². The van der Waals surface area contributed by atoms with Gasteiger partial charge < -0.3 is 15.3 Å². The summed E-state index contributed by atoms with van der Waals surface area (Å²) in [5.74, 6) is 0.640. The van der Waals surface area contributed by atoms with Gasteiger partial charge in [0.25, 0.3) is 5.24 Å². The van der Waals surface area contributed by atoms with Crippen molar-refractivity contribution in [2.24, 2.45) is 0 Å². The number of carbonyl (C=O) groups excluding carboxylic acids is 2. The first kappa shape index (κ1) is 14.9. The summed E-state index contributed by atoms with van der Waals surface area (Å²) in [4.78, 5) is 25.0. The number of thioether (sulfide) groups is 1. The third kappa shape index (κ3) is 3.98. The van der Waals surface area contributed by atoms with Gasteiger partial charge in [-0.25, -0.2) is 0 Å². The number of benzene rings is 1. The van der Waals surface area contributed by atoms with Gasteiger partial charge in [-0.1, -0.05) is 42.1 Å². The van der Waals surface area contributed by atoms with E-state index in [2.05, 4.69) is 5.32 Å². The molecule has 1 atom stereocenters. The van der Waals surface area contributed by atoms with Crippen LogP contribution in [0.2, 0.25) is 0 Å². The molecule has 2 N–H and O–H groups in total. The Balaban J connectivity index is 1.82. The van der Waals surface area contributed by atoms with E-state index in [0.717, 1.165) is 11.3 Å². The molecule has 1 saturated heterocycles. The Hall–Kier alpha value is -1.53. The van der Waals surface area contributed by atoms with Gasteiger partial charge in [0.05, 0.1) is 12.6 Å². The van der Waals surface area contributed by atoms with Gasteiger partial charge in [0, 0.05) is 25.3 Å². The normalized spacial score (nSPS) is 16.2. The number of rotatable bonds is 6. The predicted octanol–water partition coefficient (Wildman–Crippen LogP) is 1.40. The fourth-order valence-electron chi connectivity index (χ4n) is 2.05. The van der Waals surface area contributed by atoms with Crippen LogP contribution in [0.4, 0.5) is 4.79 Å². The van der Waals surface area contributed by atoms with E-state index in [9.17, 15) is 14.7 Å². The van der Waals surface area contributed by atoms with Crippen LogP contribution in [0, 0.1) is 0 Å². The Morgan fingerprint density at radius 2 is 2.15 bits per heavy atom. The molecule has 0 spiro atoms. The van der Waals surface area contributed by atoms with E-state index >= 15 is 0 Å². The van der Waals surface area contributed by atoms with Crippen molar-refractivity contribution in [3.05, 3.63) is 35.9 Å². The molecule has 1 aromatic rings. The molecule has 0 bridgehead atoms. The van der Waals surface area contributed by atoms with Crippen molar-refractivity contribution in [3.8, 4) is 0 Å². The van der Waals surface area contributed by atoms with Crippen LogP contribution in [-0.2, 0) is 4.79 Å². The number of carbonyl (C=O) groups is 2. The Labute approximate surface area is 122 Å². The number of hydrogen-bond donors (Lipinski definition) is 2. The standard InChI is InChI=1S/C14H18N2O3S/c17-10-12(11-4-2-1-3-5-11)15-13(18)6-7-16-8-9-20-14(16)19/h1-5,12,17H,6-10H2,(H,15,18). The lowest BCUT2D eigenvalue weighted by molar-refractivity contribution is -0.122. The first-order chi connectivity index (χ1) is 9.70. The summed E-state index contributed by atoms with van der Waals surface area (Å²) in [5, 5.41) is 12.2. The van der Waals surface area contributed by atoms with Gasteiger partial charge in [0.15, 0.2) is 0 Å². The molecule has 0 aliphatic carbocycles. The zero-order valence-electron chi connectivity index (χ0n) is 11.1. The van der Waals surface area contributed by atoms with Gasteiger partial charge in [-0.05, 0) is 5.56 Å². The summed E-state index contributed by atoms with van der Waals surface area (Å²) in [6, 6.07) is 8.95. The van der Waals surface area contributed by atoms with Crippen LogP contribution in [0.5, 0.6) is 0 Å². The minimum absolute atomic E-state index is 0.0413. The van der Waals surface area contributed by atoms with Crippen molar-refractivity contribution in [3.63, 3.8) is 0 Å². The van der Waals surface area contributed by atoms with E-state index in [1.54, 1.807) is 4.90 Å². The molecule has 2 rings (SSSR count). The summed E-state index contributed by atoms with van der Waals surface area (Å²) < 4.78 is 0. The third-order valence-electron chi connectivity index (χ3n) is 3.17. The second kappa shape index (κ2) is 7.31. The van der Waals surface area contributed by atoms with E-state index in [-0.39, 0.29) is 24.2 Å². The molecule has 0 saturated carbocycles. The first-order valence-corrected chi connectivity index (χ1v) is 7.56. The van der Waals surface area contributed by atoms with E-state index in [4.69, 9.17) is 0 Å². The monoisotopic (exact) mass is 294 g/mol. The Bertz CT molecular complexity index is 467. The highest BCUT2D eigenvalue weighted by Crippen LogP contribution is 2.17. The molecule has 1 aliphatic heterocycles. The summed E-state index contributed by atoms with van der Waals surface area (Å²) in [6.45, 7) is 0.998. The molecule has 108 valence electrons. The lowest BCUT2D eigenvalue weighted by atomic mass is 10.1. The molecule has 0 aromatic heterocycles. The van der Waals surface area contributed by atoms with Crippen LogP contribution < -0.4 is 5.32 Å². The van der Waals surface area contributed by atoms with Gasteiger partial charge in [-0.2, -0.15) is 0 Å². The highest BCUT2D eigenvalue weighted by Gasteiger charge is 2.22. The maximum absolute atomic E-state index is 11.9. The molecule has 1 aromatic carbocycles. The minimum Gasteiger partial charge on any atom is -0.394 e. The number of amides is 2. The molecular formula is C14H18N2O3S. The number of hydrogen-bond acceptors (Lipinski definition) is 4. The maximum Gasteiger partial charge on any atom is 0.281 e. The van der Waals surface area contributed by atoms with Crippen LogP contribution >= 0.6 is 11.8 Å². The van der Waals surface area contributed by atoms with Crippen molar-refractivity contribution < 1.29 is 14.7 Å². The first-order valence-electron chi connectivity index (χ1n) is 6.57. The summed E-state index contributed by atoms with van der Waals surface area (Å²) in [5.41, 5.74) is 0.871. The zero-order valence-corrected chi connectivity index (χ0v) is 11.9. The number of nitrogens with one attached hydrogen (secondary N) is 1. The zero-order chi connectivity index (χ0) is 14.4. The molecule has 1 fully saturated rings. The molecule has 1 aliphatic rings. The van der Waals surface area contributed by atoms with Crippen LogP contribution in [0.1, 0.15) is 18.0 Å². The van der Waals surface area contributed by atoms with E-state index in [0.29, 0.717) is 13.1 Å². The summed E-state index contributed by atoms with van der Waals surface area (Å²) in [7, 11) is 0. The number of aliphatic hydroxyl groups excluding tert-OH is 1. The van der Waals surface area contributed by atoms with Crippen LogP contribution in [0.3, 0.4) is 0 Å². The van der Waals surface area contributed by atoms with Gasteiger partial charge in [-0.3, -0.25) is 9.59 Å². The Kier molecular flexibility index (Phi) is 5.43.